The molecule has 0 spiro atoms. The molecule has 0 N–H and O–H groups in total. The summed E-state index contributed by atoms with van der Waals surface area (Å²) >= 11 is 0. The van der Waals surface area contributed by atoms with Crippen molar-refractivity contribution in [3.05, 3.63) is 70.9 Å². The van der Waals surface area contributed by atoms with Crippen LogP contribution in [-0.4, -0.2) is 0 Å². The summed E-state index contributed by atoms with van der Waals surface area (Å²) in [4.78, 5) is 0. The molecule has 26 heavy (non-hydrogen) atoms. The third-order valence-corrected chi connectivity index (χ3v) is 7.32. The van der Waals surface area contributed by atoms with Crippen molar-refractivity contribution in [2.45, 2.75) is 40.0 Å². The molecule has 4 aliphatic rings. The van der Waals surface area contributed by atoms with Gasteiger partial charge in [-0.2, -0.15) is 0 Å². The fraction of sp³-hybridized carbons (Fsp3) is 0.560. The number of hydrogen-bond acceptors (Lipinski definition) is 0. The van der Waals surface area contributed by atoms with Crippen LogP contribution < -0.4 is 0 Å². The molecule has 4 aliphatic carbocycles. The summed E-state index contributed by atoms with van der Waals surface area (Å²) in [5.41, 5.74) is 0.443. The Kier molecular flexibility index (Phi) is 9.80. The number of hydrogen-bond donors (Lipinski definition) is 0. The first-order valence-corrected chi connectivity index (χ1v) is 9.29. The summed E-state index contributed by atoms with van der Waals surface area (Å²) in [6.07, 6.45) is 23.5. The minimum atomic E-state index is 0. The molecule has 1 heteroatoms. The predicted octanol–water partition coefficient (Wildman–Crippen LogP) is 7.14. The van der Waals surface area contributed by atoms with E-state index in [9.17, 15) is 0 Å². The monoisotopic (exact) mass is 429 g/mol. The van der Waals surface area contributed by atoms with E-state index in [1.165, 1.54) is 19.3 Å². The molecule has 6 atom stereocenters. The first kappa shape index (κ1) is 25.8. The summed E-state index contributed by atoms with van der Waals surface area (Å²) < 4.78 is 0. The third-order valence-electron chi connectivity index (χ3n) is 7.32. The summed E-state index contributed by atoms with van der Waals surface area (Å²) in [7, 11) is 0. The van der Waals surface area contributed by atoms with Gasteiger partial charge in [-0.25, -0.2) is 0 Å². The average Bonchev–Trinajstić information content (AvgIpc) is 3.09. The Morgan fingerprint density at radius 3 is 1.50 bits per heavy atom. The molecule has 6 unspecified atom stereocenters. The van der Waals surface area contributed by atoms with Crippen molar-refractivity contribution < 1.29 is 26.2 Å². The van der Waals surface area contributed by atoms with E-state index in [0.29, 0.717) is 5.41 Å². The molecule has 2 saturated carbocycles. The molecule has 0 amide bonds. The summed E-state index contributed by atoms with van der Waals surface area (Å²) in [6, 6.07) is 0. The van der Waals surface area contributed by atoms with Crippen LogP contribution >= 0.6 is 0 Å². The molecule has 1 radical (unpaired) electrons. The molecule has 0 aromatic carbocycles. The molecular formula is C25H39Zr. The van der Waals surface area contributed by atoms with Crippen LogP contribution in [0.4, 0.5) is 0 Å². The Hall–Kier alpha value is -0.157. The number of allylic oxidation sites excluding steroid dienone is 8. The van der Waals surface area contributed by atoms with Gasteiger partial charge in [-0.3, -0.25) is 0 Å². The SMILES string of the molecule is CC1CCC(C(C)(C)C2C3C=CC=CC3C3C=CC=CC32)C1.[CH3-].[CH3-].[CH3-].[Zr+3]. The minimum Gasteiger partial charge on any atom is -0.358 e. The Bertz CT molecular complexity index is 517. The summed E-state index contributed by atoms with van der Waals surface area (Å²) in [5.74, 6) is 5.54. The van der Waals surface area contributed by atoms with Gasteiger partial charge in [0.25, 0.3) is 0 Å². The van der Waals surface area contributed by atoms with E-state index in [1.807, 2.05) is 0 Å². The topological polar surface area (TPSA) is 0 Å². The molecule has 0 aromatic heterocycles. The first-order chi connectivity index (χ1) is 10.6. The van der Waals surface area contributed by atoms with E-state index in [4.69, 9.17) is 0 Å². The maximum absolute atomic E-state index is 2.58. The molecule has 143 valence electrons. The van der Waals surface area contributed by atoms with Crippen LogP contribution in [0.2, 0.25) is 0 Å². The van der Waals surface area contributed by atoms with Crippen LogP contribution in [0.3, 0.4) is 0 Å². The molecule has 0 bridgehead atoms. The molecular weight excluding hydrogens is 391 g/mol. The van der Waals surface area contributed by atoms with Crippen molar-refractivity contribution >= 4 is 0 Å². The fourth-order valence-corrected chi connectivity index (χ4v) is 6.17. The minimum absolute atomic E-state index is 0. The Morgan fingerprint density at radius 1 is 0.692 bits per heavy atom. The molecule has 0 saturated heterocycles. The van der Waals surface area contributed by atoms with Crippen molar-refractivity contribution in [3.63, 3.8) is 0 Å². The first-order valence-electron chi connectivity index (χ1n) is 9.29. The van der Waals surface area contributed by atoms with E-state index in [0.717, 1.165) is 41.4 Å². The second-order valence-corrected chi connectivity index (χ2v) is 8.81. The number of rotatable bonds is 2. The molecule has 0 aromatic rings. The third kappa shape index (κ3) is 4.14. The van der Waals surface area contributed by atoms with Crippen molar-refractivity contribution in [1.29, 1.82) is 0 Å². The van der Waals surface area contributed by atoms with Crippen molar-refractivity contribution in [3.8, 4) is 0 Å². The van der Waals surface area contributed by atoms with Crippen LogP contribution in [0, 0.1) is 69.1 Å². The molecule has 4 rings (SSSR count). The van der Waals surface area contributed by atoms with Crippen LogP contribution in [0.5, 0.6) is 0 Å². The fourth-order valence-electron chi connectivity index (χ4n) is 6.17. The van der Waals surface area contributed by atoms with Gasteiger partial charge in [0.05, 0.1) is 0 Å². The van der Waals surface area contributed by atoms with Gasteiger partial charge < -0.3 is 22.3 Å². The van der Waals surface area contributed by atoms with E-state index in [2.05, 4.69) is 69.4 Å². The maximum atomic E-state index is 2.58. The average molecular weight is 431 g/mol. The number of fused-ring (bicyclic) bond motifs is 3. The van der Waals surface area contributed by atoms with Crippen LogP contribution in [-0.2, 0) is 26.2 Å². The Morgan fingerprint density at radius 2 is 1.12 bits per heavy atom. The standard InChI is InChI=1S/C22H30.3CH3.Zr/c1-15-12-13-16(14-15)22(2,3)21-19-10-6-4-8-17(19)18-9-5-7-11-20(18)21;;;;/h4-11,15-21H,12-14H2,1-3H3;3*1H3;/q;3*-1;+3. The largest absolute Gasteiger partial charge is 3.00 e. The predicted molar refractivity (Wildman–Crippen MR) is 114 cm³/mol. The molecule has 0 nitrogen and oxygen atoms in total. The van der Waals surface area contributed by atoms with Gasteiger partial charge in [-0.15, -0.1) is 0 Å². The van der Waals surface area contributed by atoms with Crippen LogP contribution in [0.25, 0.3) is 0 Å². The molecule has 0 heterocycles. The van der Waals surface area contributed by atoms with Gasteiger partial charge in [0, 0.05) is 0 Å². The Labute approximate surface area is 183 Å². The zero-order chi connectivity index (χ0) is 15.3. The van der Waals surface area contributed by atoms with Gasteiger partial charge in [0.1, 0.15) is 0 Å². The van der Waals surface area contributed by atoms with E-state index < -0.39 is 0 Å². The molecule has 2 fully saturated rings. The van der Waals surface area contributed by atoms with Crippen LogP contribution in [0.1, 0.15) is 40.0 Å². The Balaban J connectivity index is 0.00000156. The quantitative estimate of drug-likeness (QED) is 0.408. The van der Waals surface area contributed by atoms with Crippen molar-refractivity contribution in [2.24, 2.45) is 46.8 Å². The van der Waals surface area contributed by atoms with Gasteiger partial charge in [0.2, 0.25) is 0 Å². The normalized spacial score (nSPS) is 39.0. The second kappa shape index (κ2) is 9.86. The molecule has 0 aliphatic heterocycles. The second-order valence-electron chi connectivity index (χ2n) is 8.81. The van der Waals surface area contributed by atoms with E-state index >= 15 is 0 Å². The van der Waals surface area contributed by atoms with Gasteiger partial charge in [-0.1, -0.05) is 75.8 Å². The van der Waals surface area contributed by atoms with Gasteiger partial charge in [0.15, 0.2) is 0 Å². The van der Waals surface area contributed by atoms with E-state index in [1.54, 1.807) is 0 Å². The maximum Gasteiger partial charge on any atom is 3.00 e. The smallest absolute Gasteiger partial charge is 0.358 e. The zero-order valence-electron chi connectivity index (χ0n) is 17.8. The van der Waals surface area contributed by atoms with Crippen molar-refractivity contribution in [2.75, 3.05) is 0 Å². The zero-order valence-corrected chi connectivity index (χ0v) is 20.2. The van der Waals surface area contributed by atoms with Crippen LogP contribution in [0.15, 0.2) is 48.6 Å². The van der Waals surface area contributed by atoms with Gasteiger partial charge in [-0.05, 0) is 59.7 Å². The van der Waals surface area contributed by atoms with Gasteiger partial charge >= 0.3 is 26.2 Å². The van der Waals surface area contributed by atoms with Crippen molar-refractivity contribution in [1.82, 2.24) is 0 Å². The summed E-state index contributed by atoms with van der Waals surface area (Å²) in [5, 5.41) is 0. The van der Waals surface area contributed by atoms with E-state index in [-0.39, 0.29) is 48.5 Å². The summed E-state index contributed by atoms with van der Waals surface area (Å²) in [6.45, 7) is 7.61.